The van der Waals surface area contributed by atoms with Crippen molar-refractivity contribution >= 4 is 18.2 Å². The van der Waals surface area contributed by atoms with E-state index in [0.717, 1.165) is 6.29 Å². The van der Waals surface area contributed by atoms with Gasteiger partial charge in [-0.1, -0.05) is 0 Å². The molecule has 1 fully saturated rings. The highest BCUT2D eigenvalue weighted by atomic mass is 16.6. The van der Waals surface area contributed by atoms with E-state index < -0.39 is 11.9 Å². The van der Waals surface area contributed by atoms with Gasteiger partial charge in [0, 0.05) is 6.42 Å². The zero-order valence-electron chi connectivity index (χ0n) is 6.62. The van der Waals surface area contributed by atoms with E-state index in [1.807, 2.05) is 0 Å². The molecule has 0 aliphatic carbocycles. The van der Waals surface area contributed by atoms with Crippen molar-refractivity contribution in [3.63, 3.8) is 0 Å². The second kappa shape index (κ2) is 3.99. The number of rotatable bonds is 4. The largest absolute Gasteiger partial charge is 0.393 e. The quantitative estimate of drug-likeness (QED) is 0.266. The summed E-state index contributed by atoms with van der Waals surface area (Å²) in [6, 6.07) is 0. The summed E-state index contributed by atoms with van der Waals surface area (Å²) >= 11 is 0. The van der Waals surface area contributed by atoms with Crippen molar-refractivity contribution in [3.8, 4) is 0 Å². The Labute approximate surface area is 69.9 Å². The number of carbonyl (C=O) groups is 3. The number of unbranched alkanes of at least 4 members (excludes halogenated alkanes) is 1. The Morgan fingerprint density at radius 3 is 2.75 bits per heavy atom. The minimum Gasteiger partial charge on any atom is -0.393 e. The number of esters is 2. The van der Waals surface area contributed by atoms with Gasteiger partial charge < -0.3 is 9.53 Å². The topological polar surface area (TPSA) is 60.4 Å². The Balaban J connectivity index is 2.28. The lowest BCUT2D eigenvalue weighted by Gasteiger charge is -1.99. The van der Waals surface area contributed by atoms with Crippen LogP contribution in [0.1, 0.15) is 25.7 Å². The Morgan fingerprint density at radius 2 is 2.25 bits per heavy atom. The molecule has 1 aliphatic rings. The van der Waals surface area contributed by atoms with Gasteiger partial charge in [-0.3, -0.25) is 9.59 Å². The van der Waals surface area contributed by atoms with Gasteiger partial charge in [0.15, 0.2) is 0 Å². The third-order valence-electron chi connectivity index (χ3n) is 1.84. The minimum absolute atomic E-state index is 0.178. The maximum absolute atomic E-state index is 10.8. The standard InChI is InChI=1S/C8H10O4/c9-4-2-1-3-6-5-7(10)12-8(6)11/h4,6H,1-3,5H2. The summed E-state index contributed by atoms with van der Waals surface area (Å²) in [6.07, 6.45) is 2.65. The van der Waals surface area contributed by atoms with Crippen LogP contribution in [0, 0.1) is 5.92 Å². The van der Waals surface area contributed by atoms with Crippen LogP contribution in [-0.4, -0.2) is 18.2 Å². The lowest BCUT2D eigenvalue weighted by molar-refractivity contribution is -0.153. The van der Waals surface area contributed by atoms with E-state index in [1.165, 1.54) is 0 Å². The van der Waals surface area contributed by atoms with Crippen molar-refractivity contribution in [2.75, 3.05) is 0 Å². The summed E-state index contributed by atoms with van der Waals surface area (Å²) in [6.45, 7) is 0. The Hall–Kier alpha value is -1.19. The number of hydrogen-bond acceptors (Lipinski definition) is 4. The molecule has 0 amide bonds. The van der Waals surface area contributed by atoms with Crippen LogP contribution in [0.4, 0.5) is 0 Å². The first kappa shape index (κ1) is 8.90. The average molecular weight is 170 g/mol. The van der Waals surface area contributed by atoms with Gasteiger partial charge in [-0.15, -0.1) is 0 Å². The molecule has 1 rings (SSSR count). The highest BCUT2D eigenvalue weighted by molar-refractivity contribution is 5.94. The molecule has 0 radical (unpaired) electrons. The normalized spacial score (nSPS) is 22.5. The zero-order valence-corrected chi connectivity index (χ0v) is 6.62. The van der Waals surface area contributed by atoms with Crippen molar-refractivity contribution < 1.29 is 19.1 Å². The maximum Gasteiger partial charge on any atom is 0.317 e. The first-order chi connectivity index (χ1) is 5.74. The van der Waals surface area contributed by atoms with Gasteiger partial charge in [-0.2, -0.15) is 0 Å². The molecule has 1 atom stereocenters. The van der Waals surface area contributed by atoms with Crippen molar-refractivity contribution in [1.82, 2.24) is 0 Å². The molecule has 12 heavy (non-hydrogen) atoms. The molecule has 4 heteroatoms. The van der Waals surface area contributed by atoms with Gasteiger partial charge in [0.25, 0.3) is 0 Å². The molecule has 1 unspecified atom stereocenters. The third-order valence-corrected chi connectivity index (χ3v) is 1.84. The average Bonchev–Trinajstić information content (AvgIpc) is 2.31. The monoisotopic (exact) mass is 170 g/mol. The van der Waals surface area contributed by atoms with Crippen LogP contribution in [0.3, 0.4) is 0 Å². The van der Waals surface area contributed by atoms with Crippen LogP contribution in [0.5, 0.6) is 0 Å². The molecule has 1 aliphatic heterocycles. The molecule has 0 N–H and O–H groups in total. The van der Waals surface area contributed by atoms with Crippen LogP contribution >= 0.6 is 0 Å². The lowest BCUT2D eigenvalue weighted by atomic mass is 10.0. The first-order valence-corrected chi connectivity index (χ1v) is 3.92. The molecule has 0 saturated carbocycles. The van der Waals surface area contributed by atoms with Crippen LogP contribution < -0.4 is 0 Å². The molecule has 0 spiro atoms. The number of carbonyl (C=O) groups excluding carboxylic acids is 3. The highest BCUT2D eigenvalue weighted by Gasteiger charge is 2.32. The fourth-order valence-corrected chi connectivity index (χ4v) is 1.19. The van der Waals surface area contributed by atoms with Gasteiger partial charge in [0.05, 0.1) is 12.3 Å². The number of cyclic esters (lactones) is 2. The molecular weight excluding hydrogens is 160 g/mol. The number of ether oxygens (including phenoxy) is 1. The molecule has 0 aromatic carbocycles. The van der Waals surface area contributed by atoms with Crippen LogP contribution in [0.15, 0.2) is 0 Å². The molecule has 1 heterocycles. The van der Waals surface area contributed by atoms with Crippen LogP contribution in [0.25, 0.3) is 0 Å². The molecule has 1 saturated heterocycles. The Kier molecular flexibility index (Phi) is 2.96. The summed E-state index contributed by atoms with van der Waals surface area (Å²) in [5.41, 5.74) is 0. The summed E-state index contributed by atoms with van der Waals surface area (Å²) in [5.74, 6) is -1.19. The molecule has 0 aromatic rings. The van der Waals surface area contributed by atoms with E-state index in [1.54, 1.807) is 0 Å². The van der Waals surface area contributed by atoms with Gasteiger partial charge in [-0.25, -0.2) is 0 Å². The van der Waals surface area contributed by atoms with Crippen molar-refractivity contribution in [2.24, 2.45) is 5.92 Å². The fourth-order valence-electron chi connectivity index (χ4n) is 1.19. The number of aldehydes is 1. The Bertz CT molecular complexity index is 209. The Morgan fingerprint density at radius 1 is 1.50 bits per heavy atom. The van der Waals surface area contributed by atoms with Crippen molar-refractivity contribution in [2.45, 2.75) is 25.7 Å². The van der Waals surface area contributed by atoms with E-state index in [2.05, 4.69) is 4.74 Å². The van der Waals surface area contributed by atoms with Gasteiger partial charge in [-0.05, 0) is 12.8 Å². The molecule has 4 nitrogen and oxygen atoms in total. The van der Waals surface area contributed by atoms with E-state index in [0.29, 0.717) is 19.3 Å². The van der Waals surface area contributed by atoms with Crippen molar-refractivity contribution in [1.29, 1.82) is 0 Å². The smallest absolute Gasteiger partial charge is 0.317 e. The van der Waals surface area contributed by atoms with E-state index in [-0.39, 0.29) is 12.3 Å². The maximum atomic E-state index is 10.8. The highest BCUT2D eigenvalue weighted by Crippen LogP contribution is 2.21. The van der Waals surface area contributed by atoms with Gasteiger partial charge in [0.2, 0.25) is 0 Å². The predicted octanol–water partition coefficient (Wildman–Crippen LogP) is 0.445. The van der Waals surface area contributed by atoms with Crippen molar-refractivity contribution in [3.05, 3.63) is 0 Å². The lowest BCUT2D eigenvalue weighted by Crippen LogP contribution is -2.07. The van der Waals surface area contributed by atoms with Crippen LogP contribution in [0.2, 0.25) is 0 Å². The fraction of sp³-hybridized carbons (Fsp3) is 0.625. The van der Waals surface area contributed by atoms with E-state index in [4.69, 9.17) is 0 Å². The summed E-state index contributed by atoms with van der Waals surface area (Å²) in [5, 5.41) is 0. The molecule has 66 valence electrons. The first-order valence-electron chi connectivity index (χ1n) is 3.92. The van der Waals surface area contributed by atoms with E-state index in [9.17, 15) is 14.4 Å². The molecule has 0 aromatic heterocycles. The zero-order chi connectivity index (χ0) is 8.97. The van der Waals surface area contributed by atoms with Crippen LogP contribution in [-0.2, 0) is 19.1 Å². The second-order valence-corrected chi connectivity index (χ2v) is 2.79. The second-order valence-electron chi connectivity index (χ2n) is 2.79. The minimum atomic E-state index is -0.448. The molecular formula is C8H10O4. The summed E-state index contributed by atoms with van der Waals surface area (Å²) < 4.78 is 4.34. The third kappa shape index (κ3) is 2.15. The molecule has 0 bridgehead atoms. The predicted molar refractivity (Wildman–Crippen MR) is 39.1 cm³/mol. The summed E-state index contributed by atoms with van der Waals surface area (Å²) in [4.78, 5) is 31.4. The SMILES string of the molecule is O=CCCCC1CC(=O)OC1=O. The van der Waals surface area contributed by atoms with Gasteiger partial charge in [0.1, 0.15) is 6.29 Å². The van der Waals surface area contributed by atoms with E-state index >= 15 is 0 Å². The van der Waals surface area contributed by atoms with Gasteiger partial charge >= 0.3 is 11.9 Å². The number of hydrogen-bond donors (Lipinski definition) is 0. The summed E-state index contributed by atoms with van der Waals surface area (Å²) in [7, 11) is 0.